The van der Waals surface area contributed by atoms with Gasteiger partial charge in [0.05, 0.1) is 0 Å². The molecule has 0 aliphatic carbocycles. The SMILES string of the molecule is C[As](C)(=O)CCCCCCCCCCCCCCC(=O)O. The van der Waals surface area contributed by atoms with Gasteiger partial charge >= 0.3 is 110 Å². The predicted octanol–water partition coefficient (Wildman–Crippen LogP) is 5.78. The number of carboxylic acids is 1. The number of aliphatic carboxylic acids is 1. The van der Waals surface area contributed by atoms with Crippen LogP contribution in [0.2, 0.25) is 16.6 Å². The average molecular weight is 362 g/mol. The fourth-order valence-corrected chi connectivity index (χ4v) is 4.60. The van der Waals surface area contributed by atoms with E-state index in [2.05, 4.69) is 0 Å². The minimum atomic E-state index is -2.36. The van der Waals surface area contributed by atoms with Crippen molar-refractivity contribution in [2.24, 2.45) is 0 Å². The summed E-state index contributed by atoms with van der Waals surface area (Å²) in [7, 11) is 0. The molecule has 0 aromatic rings. The molecule has 0 saturated carbocycles. The first kappa shape index (κ1) is 20.8. The Morgan fingerprint density at radius 1 is 0.714 bits per heavy atom. The van der Waals surface area contributed by atoms with Crippen LogP contribution in [-0.4, -0.2) is 24.6 Å². The van der Waals surface area contributed by atoms with E-state index in [9.17, 15) is 8.53 Å². The van der Waals surface area contributed by atoms with Crippen molar-refractivity contribution in [2.75, 3.05) is 0 Å². The molecule has 3 nitrogen and oxygen atoms in total. The third-order valence-electron chi connectivity index (χ3n) is 3.84. The second kappa shape index (κ2) is 13.5. The van der Waals surface area contributed by atoms with E-state index >= 15 is 0 Å². The third-order valence-corrected chi connectivity index (χ3v) is 6.76. The number of hydrogen-bond donors (Lipinski definition) is 1. The molecule has 0 radical (unpaired) electrons. The van der Waals surface area contributed by atoms with Gasteiger partial charge in [-0.25, -0.2) is 0 Å². The van der Waals surface area contributed by atoms with E-state index in [0.29, 0.717) is 6.42 Å². The summed E-state index contributed by atoms with van der Waals surface area (Å²) in [6.45, 7) is 0. The Hall–Kier alpha value is -0.172. The first-order chi connectivity index (χ1) is 9.92. The van der Waals surface area contributed by atoms with E-state index < -0.39 is 19.5 Å². The summed E-state index contributed by atoms with van der Waals surface area (Å²) in [5.74, 6) is -0.670. The predicted molar refractivity (Wildman–Crippen MR) is 90.6 cm³/mol. The fourth-order valence-electron chi connectivity index (χ4n) is 2.54. The molecule has 0 spiro atoms. The van der Waals surface area contributed by atoms with Crippen LogP contribution < -0.4 is 0 Å². The first-order valence-electron chi connectivity index (χ1n) is 8.67. The number of carbonyl (C=O) groups is 1. The Kier molecular flexibility index (Phi) is 13.4. The molecule has 4 heteroatoms. The maximum atomic E-state index is 11.6. The summed E-state index contributed by atoms with van der Waals surface area (Å²) >= 11 is -2.36. The molecule has 0 heterocycles. The first-order valence-corrected chi connectivity index (χ1v) is 14.5. The van der Waals surface area contributed by atoms with Gasteiger partial charge in [-0.3, -0.25) is 4.79 Å². The van der Waals surface area contributed by atoms with Crippen LogP contribution in [-0.2, 0) is 8.53 Å². The molecule has 0 bridgehead atoms. The normalized spacial score (nSPS) is 11.7. The quantitative estimate of drug-likeness (QED) is 0.297. The second-order valence-electron chi connectivity index (χ2n) is 6.68. The van der Waals surface area contributed by atoms with E-state index in [0.717, 1.165) is 24.5 Å². The van der Waals surface area contributed by atoms with Crippen molar-refractivity contribution in [3.8, 4) is 0 Å². The Morgan fingerprint density at radius 3 is 1.38 bits per heavy atom. The summed E-state index contributed by atoms with van der Waals surface area (Å²) < 4.78 is 11.6. The molecule has 1 N–H and O–H groups in total. The molecule has 0 atom stereocenters. The van der Waals surface area contributed by atoms with Gasteiger partial charge in [0.15, 0.2) is 0 Å². The van der Waals surface area contributed by atoms with Crippen molar-refractivity contribution in [3.63, 3.8) is 0 Å². The fraction of sp³-hybridized carbons (Fsp3) is 0.941. The van der Waals surface area contributed by atoms with Gasteiger partial charge < -0.3 is 5.11 Å². The molecule has 21 heavy (non-hydrogen) atoms. The molecular formula is C17H35AsO3. The van der Waals surface area contributed by atoms with Crippen molar-refractivity contribution in [3.05, 3.63) is 0 Å². The molecular weight excluding hydrogens is 327 g/mol. The van der Waals surface area contributed by atoms with Crippen LogP contribution in [0.3, 0.4) is 0 Å². The zero-order chi connectivity index (χ0) is 16.0. The average Bonchev–Trinajstić information content (AvgIpc) is 2.37. The summed E-state index contributed by atoms with van der Waals surface area (Å²) in [6, 6.07) is 0. The molecule has 0 aliphatic rings. The molecule has 0 unspecified atom stereocenters. The summed E-state index contributed by atoms with van der Waals surface area (Å²) in [5.41, 5.74) is 3.89. The Labute approximate surface area is 133 Å². The summed E-state index contributed by atoms with van der Waals surface area (Å²) in [5, 5.41) is 9.49. The molecule has 0 aromatic carbocycles. The molecule has 126 valence electrons. The van der Waals surface area contributed by atoms with Crippen molar-refractivity contribution < 1.29 is 13.6 Å². The van der Waals surface area contributed by atoms with Crippen molar-refractivity contribution in [1.82, 2.24) is 0 Å². The van der Waals surface area contributed by atoms with Gasteiger partial charge in [-0.15, -0.1) is 0 Å². The monoisotopic (exact) mass is 362 g/mol. The summed E-state index contributed by atoms with van der Waals surface area (Å²) in [6.07, 6.45) is 15.0. The van der Waals surface area contributed by atoms with Gasteiger partial charge in [0, 0.05) is 6.42 Å². The number of rotatable bonds is 15. The van der Waals surface area contributed by atoms with Crippen molar-refractivity contribution in [1.29, 1.82) is 0 Å². The van der Waals surface area contributed by atoms with Crippen LogP contribution in [0.15, 0.2) is 0 Å². The zero-order valence-electron chi connectivity index (χ0n) is 14.1. The van der Waals surface area contributed by atoms with Crippen LogP contribution in [0.25, 0.3) is 0 Å². The zero-order valence-corrected chi connectivity index (χ0v) is 16.0. The van der Waals surface area contributed by atoms with Gasteiger partial charge in [0.1, 0.15) is 0 Å². The van der Waals surface area contributed by atoms with Crippen LogP contribution in [0.5, 0.6) is 0 Å². The minimum absolute atomic E-state index is 0.326. The maximum absolute atomic E-state index is 11.6. The van der Waals surface area contributed by atoms with Crippen molar-refractivity contribution in [2.45, 2.75) is 100 Å². The van der Waals surface area contributed by atoms with E-state index in [1.807, 2.05) is 11.4 Å². The van der Waals surface area contributed by atoms with Gasteiger partial charge in [-0.1, -0.05) is 0 Å². The van der Waals surface area contributed by atoms with Crippen LogP contribution in [0, 0.1) is 0 Å². The Balaban J connectivity index is 3.06. The third kappa shape index (κ3) is 19.8. The minimum Gasteiger partial charge on any atom is -0.481 e. The topological polar surface area (TPSA) is 54.4 Å². The second-order valence-corrected chi connectivity index (χ2v) is 14.2. The van der Waals surface area contributed by atoms with E-state index in [1.165, 1.54) is 57.8 Å². The molecule has 0 saturated heterocycles. The molecule has 0 rings (SSSR count). The van der Waals surface area contributed by atoms with E-state index in [4.69, 9.17) is 5.11 Å². The molecule has 0 aromatic heterocycles. The van der Waals surface area contributed by atoms with Gasteiger partial charge in [-0.05, 0) is 6.42 Å². The van der Waals surface area contributed by atoms with E-state index in [1.54, 1.807) is 0 Å². The summed E-state index contributed by atoms with van der Waals surface area (Å²) in [4.78, 5) is 10.3. The molecule has 0 amide bonds. The number of hydrogen-bond acceptors (Lipinski definition) is 2. The standard InChI is InChI=1S/C17H35AsO3/c1-18(2,21)16-14-12-10-8-6-4-3-5-7-9-11-13-15-17(19)20/h3-16H2,1-2H3,(H,19,20). The van der Waals surface area contributed by atoms with Crippen LogP contribution >= 0.6 is 0 Å². The van der Waals surface area contributed by atoms with Gasteiger partial charge in [-0.2, -0.15) is 0 Å². The van der Waals surface area contributed by atoms with Gasteiger partial charge in [0.2, 0.25) is 0 Å². The molecule has 0 fully saturated rings. The Morgan fingerprint density at radius 2 is 1.05 bits per heavy atom. The smallest absolute Gasteiger partial charge is 0.481 e. The van der Waals surface area contributed by atoms with E-state index in [-0.39, 0.29) is 0 Å². The Bertz CT molecular complexity index is 296. The van der Waals surface area contributed by atoms with Crippen molar-refractivity contribution >= 4 is 19.5 Å². The number of unbranched alkanes of at least 4 members (excludes halogenated alkanes) is 11. The number of carboxylic acid groups (broad SMARTS) is 1. The molecule has 0 aliphatic heterocycles. The van der Waals surface area contributed by atoms with Gasteiger partial charge in [0.25, 0.3) is 0 Å². The van der Waals surface area contributed by atoms with Crippen LogP contribution in [0.1, 0.15) is 83.5 Å². The van der Waals surface area contributed by atoms with Crippen LogP contribution in [0.4, 0.5) is 0 Å².